The minimum Gasteiger partial charge on any atom is -0.339 e. The van der Waals surface area contributed by atoms with Crippen LogP contribution in [-0.2, 0) is 6.18 Å². The molecule has 0 aliphatic carbocycles. The van der Waals surface area contributed by atoms with Crippen molar-refractivity contribution in [2.75, 3.05) is 13.1 Å². The van der Waals surface area contributed by atoms with Crippen molar-refractivity contribution in [1.29, 1.82) is 0 Å². The van der Waals surface area contributed by atoms with E-state index in [0.717, 1.165) is 25.3 Å². The Bertz CT molecular complexity index is 524. The number of carbonyl (C=O) groups is 1. The zero-order valence-electron chi connectivity index (χ0n) is 10.4. The summed E-state index contributed by atoms with van der Waals surface area (Å²) in [5.74, 6) is -2.19. The standard InChI is InChI=1S/C13H12BrF4NO/c14-8-6-9(11(15)10(7-8)13(16,17)18)12(20)19-4-2-1-3-5-19/h6-7H,1-5H2. The zero-order valence-corrected chi connectivity index (χ0v) is 12.0. The second-order valence-corrected chi connectivity index (χ2v) is 5.58. The van der Waals surface area contributed by atoms with Gasteiger partial charge in [-0.2, -0.15) is 13.2 Å². The van der Waals surface area contributed by atoms with Crippen LogP contribution in [0, 0.1) is 5.82 Å². The van der Waals surface area contributed by atoms with E-state index in [9.17, 15) is 22.4 Å². The molecule has 0 unspecified atom stereocenters. The van der Waals surface area contributed by atoms with Crippen LogP contribution >= 0.6 is 15.9 Å². The molecule has 1 aliphatic heterocycles. The van der Waals surface area contributed by atoms with Gasteiger partial charge in [-0.05, 0) is 31.4 Å². The number of halogens is 5. The second-order valence-electron chi connectivity index (χ2n) is 4.67. The third-order valence-electron chi connectivity index (χ3n) is 3.22. The largest absolute Gasteiger partial charge is 0.419 e. The van der Waals surface area contributed by atoms with E-state index in [1.54, 1.807) is 0 Å². The molecule has 110 valence electrons. The summed E-state index contributed by atoms with van der Waals surface area (Å²) in [5, 5.41) is 0. The molecule has 2 rings (SSSR count). The Morgan fingerprint density at radius 3 is 2.30 bits per heavy atom. The van der Waals surface area contributed by atoms with Crippen LogP contribution in [0.1, 0.15) is 35.2 Å². The minimum absolute atomic E-state index is 0.0339. The Morgan fingerprint density at radius 1 is 1.15 bits per heavy atom. The van der Waals surface area contributed by atoms with Crippen molar-refractivity contribution < 1.29 is 22.4 Å². The van der Waals surface area contributed by atoms with Gasteiger partial charge in [-0.25, -0.2) is 4.39 Å². The summed E-state index contributed by atoms with van der Waals surface area (Å²) in [7, 11) is 0. The number of likely N-dealkylation sites (tertiary alicyclic amines) is 1. The summed E-state index contributed by atoms with van der Waals surface area (Å²) in [6.07, 6.45) is -2.29. The van der Waals surface area contributed by atoms with Crippen molar-refractivity contribution in [3.05, 3.63) is 33.5 Å². The van der Waals surface area contributed by atoms with E-state index < -0.39 is 29.0 Å². The zero-order chi connectivity index (χ0) is 14.9. The number of nitrogens with zero attached hydrogens (tertiary/aromatic N) is 1. The van der Waals surface area contributed by atoms with Crippen molar-refractivity contribution in [1.82, 2.24) is 4.90 Å². The number of amides is 1. The first kappa shape index (κ1) is 15.3. The van der Waals surface area contributed by atoms with Crippen molar-refractivity contribution in [3.8, 4) is 0 Å². The van der Waals surface area contributed by atoms with Crippen LogP contribution < -0.4 is 0 Å². The maximum absolute atomic E-state index is 14.0. The van der Waals surface area contributed by atoms with Crippen LogP contribution in [0.25, 0.3) is 0 Å². The SMILES string of the molecule is O=C(c1cc(Br)cc(C(F)(F)F)c1F)N1CCCCC1. The van der Waals surface area contributed by atoms with Gasteiger partial charge in [0.25, 0.3) is 5.91 Å². The summed E-state index contributed by atoms with van der Waals surface area (Å²) in [5.41, 5.74) is -1.96. The van der Waals surface area contributed by atoms with Crippen LogP contribution in [0.4, 0.5) is 17.6 Å². The Kier molecular flexibility index (Phi) is 4.36. The van der Waals surface area contributed by atoms with Crippen molar-refractivity contribution in [3.63, 3.8) is 0 Å². The molecule has 1 aromatic rings. The van der Waals surface area contributed by atoms with Crippen LogP contribution in [-0.4, -0.2) is 23.9 Å². The Morgan fingerprint density at radius 2 is 1.75 bits per heavy atom. The highest BCUT2D eigenvalue weighted by Crippen LogP contribution is 2.35. The van der Waals surface area contributed by atoms with Gasteiger partial charge in [0, 0.05) is 17.6 Å². The first-order chi connectivity index (χ1) is 9.30. The molecule has 20 heavy (non-hydrogen) atoms. The van der Waals surface area contributed by atoms with E-state index in [-0.39, 0.29) is 4.47 Å². The Hall–Kier alpha value is -1.11. The lowest BCUT2D eigenvalue weighted by molar-refractivity contribution is -0.140. The number of hydrogen-bond acceptors (Lipinski definition) is 1. The molecule has 1 heterocycles. The van der Waals surface area contributed by atoms with Gasteiger partial charge in [-0.3, -0.25) is 4.79 Å². The topological polar surface area (TPSA) is 20.3 Å². The summed E-state index contributed by atoms with van der Waals surface area (Å²) >= 11 is 2.89. The van der Waals surface area contributed by atoms with Gasteiger partial charge in [-0.15, -0.1) is 0 Å². The van der Waals surface area contributed by atoms with E-state index in [4.69, 9.17) is 0 Å². The van der Waals surface area contributed by atoms with Gasteiger partial charge in [0.15, 0.2) is 0 Å². The summed E-state index contributed by atoms with van der Waals surface area (Å²) in [6.45, 7) is 0.901. The number of hydrogen-bond donors (Lipinski definition) is 0. The molecule has 0 radical (unpaired) electrons. The molecule has 0 bridgehead atoms. The van der Waals surface area contributed by atoms with Crippen molar-refractivity contribution in [2.24, 2.45) is 0 Å². The molecular weight excluding hydrogens is 342 g/mol. The molecule has 0 saturated carbocycles. The molecule has 0 aromatic heterocycles. The fraction of sp³-hybridized carbons (Fsp3) is 0.462. The van der Waals surface area contributed by atoms with E-state index in [1.807, 2.05) is 0 Å². The highest BCUT2D eigenvalue weighted by molar-refractivity contribution is 9.10. The van der Waals surface area contributed by atoms with E-state index in [2.05, 4.69) is 15.9 Å². The van der Waals surface area contributed by atoms with E-state index in [0.29, 0.717) is 19.2 Å². The van der Waals surface area contributed by atoms with Gasteiger partial charge in [0.2, 0.25) is 0 Å². The van der Waals surface area contributed by atoms with E-state index >= 15 is 0 Å². The summed E-state index contributed by atoms with van der Waals surface area (Å²) < 4.78 is 52.2. The van der Waals surface area contributed by atoms with Gasteiger partial charge in [0.1, 0.15) is 5.82 Å². The van der Waals surface area contributed by atoms with Gasteiger partial charge in [0.05, 0.1) is 11.1 Å². The van der Waals surface area contributed by atoms with Crippen LogP contribution in [0.15, 0.2) is 16.6 Å². The fourth-order valence-electron chi connectivity index (χ4n) is 2.22. The molecule has 1 aromatic carbocycles. The number of carbonyl (C=O) groups excluding carboxylic acids is 1. The third kappa shape index (κ3) is 3.13. The summed E-state index contributed by atoms with van der Waals surface area (Å²) in [4.78, 5) is 13.5. The first-order valence-electron chi connectivity index (χ1n) is 6.16. The smallest absolute Gasteiger partial charge is 0.339 e. The molecule has 1 amide bonds. The molecule has 1 fully saturated rings. The average Bonchev–Trinajstić information content (AvgIpc) is 2.40. The van der Waals surface area contributed by atoms with Crippen LogP contribution in [0.3, 0.4) is 0 Å². The Labute approximate surface area is 121 Å². The van der Waals surface area contributed by atoms with Crippen LogP contribution in [0.5, 0.6) is 0 Å². The monoisotopic (exact) mass is 353 g/mol. The lowest BCUT2D eigenvalue weighted by Gasteiger charge is -2.27. The number of rotatable bonds is 1. The number of alkyl halides is 3. The maximum Gasteiger partial charge on any atom is 0.419 e. The van der Waals surface area contributed by atoms with Gasteiger partial charge in [-0.1, -0.05) is 15.9 Å². The molecule has 7 heteroatoms. The quantitative estimate of drug-likeness (QED) is 0.691. The van der Waals surface area contributed by atoms with Crippen LogP contribution in [0.2, 0.25) is 0 Å². The average molecular weight is 354 g/mol. The molecule has 1 aliphatic rings. The molecular formula is C13H12BrF4NO. The van der Waals surface area contributed by atoms with E-state index in [1.165, 1.54) is 4.90 Å². The lowest BCUT2D eigenvalue weighted by Crippen LogP contribution is -2.36. The molecule has 0 atom stereocenters. The molecule has 0 N–H and O–H groups in total. The minimum atomic E-state index is -4.83. The summed E-state index contributed by atoms with van der Waals surface area (Å²) in [6, 6.07) is 1.74. The van der Waals surface area contributed by atoms with Crippen molar-refractivity contribution in [2.45, 2.75) is 25.4 Å². The maximum atomic E-state index is 14.0. The normalized spacial score (nSPS) is 16.4. The molecule has 0 spiro atoms. The lowest BCUT2D eigenvalue weighted by atomic mass is 10.1. The predicted octanol–water partition coefficient (Wildman–Crippen LogP) is 4.23. The highest BCUT2D eigenvalue weighted by atomic mass is 79.9. The molecule has 1 saturated heterocycles. The van der Waals surface area contributed by atoms with Gasteiger partial charge >= 0.3 is 6.18 Å². The van der Waals surface area contributed by atoms with Crippen molar-refractivity contribution >= 4 is 21.8 Å². The van der Waals surface area contributed by atoms with Gasteiger partial charge < -0.3 is 4.90 Å². The molecule has 2 nitrogen and oxygen atoms in total. The second kappa shape index (κ2) is 5.71. The number of benzene rings is 1. The fourth-order valence-corrected chi connectivity index (χ4v) is 2.68. The number of piperidine rings is 1. The predicted molar refractivity (Wildman–Crippen MR) is 68.9 cm³/mol. The highest BCUT2D eigenvalue weighted by Gasteiger charge is 2.37. The Balaban J connectivity index is 2.41. The first-order valence-corrected chi connectivity index (χ1v) is 6.95. The third-order valence-corrected chi connectivity index (χ3v) is 3.67.